The standard InChI is InChI=1S/C17H19F2NO/c1-10-7-11(2)16(12(3)8-10)14(20)9-21-15-6-4-5-13(18)17(15)19/h4-8,14H,9,20H2,1-3H3. The molecule has 2 nitrogen and oxygen atoms in total. The fraction of sp³-hybridized carbons (Fsp3) is 0.294. The van der Waals surface area contributed by atoms with E-state index in [0.29, 0.717) is 0 Å². The van der Waals surface area contributed by atoms with Crippen molar-refractivity contribution in [2.75, 3.05) is 6.61 Å². The minimum atomic E-state index is -0.984. The van der Waals surface area contributed by atoms with Gasteiger partial charge in [0.15, 0.2) is 11.6 Å². The van der Waals surface area contributed by atoms with Crippen LogP contribution in [0.3, 0.4) is 0 Å². The van der Waals surface area contributed by atoms with E-state index in [9.17, 15) is 8.78 Å². The van der Waals surface area contributed by atoms with Gasteiger partial charge in [-0.2, -0.15) is 4.39 Å². The first-order chi connectivity index (χ1) is 9.90. The Labute approximate surface area is 123 Å². The van der Waals surface area contributed by atoms with Crippen molar-refractivity contribution in [1.82, 2.24) is 0 Å². The van der Waals surface area contributed by atoms with E-state index in [1.807, 2.05) is 32.9 Å². The van der Waals surface area contributed by atoms with Gasteiger partial charge in [-0.15, -0.1) is 0 Å². The van der Waals surface area contributed by atoms with Crippen molar-refractivity contribution < 1.29 is 13.5 Å². The van der Waals surface area contributed by atoms with Crippen LogP contribution in [-0.2, 0) is 0 Å². The highest BCUT2D eigenvalue weighted by Gasteiger charge is 2.15. The van der Waals surface area contributed by atoms with Crippen LogP contribution >= 0.6 is 0 Å². The average Bonchev–Trinajstić information content (AvgIpc) is 2.39. The zero-order chi connectivity index (χ0) is 15.6. The molecule has 0 radical (unpaired) electrons. The summed E-state index contributed by atoms with van der Waals surface area (Å²) in [6, 6.07) is 7.54. The molecule has 0 aliphatic carbocycles. The van der Waals surface area contributed by atoms with Crippen LogP contribution in [-0.4, -0.2) is 6.61 Å². The Kier molecular flexibility index (Phi) is 4.58. The summed E-state index contributed by atoms with van der Waals surface area (Å²) in [6.07, 6.45) is 0. The number of hydrogen-bond acceptors (Lipinski definition) is 2. The summed E-state index contributed by atoms with van der Waals surface area (Å²) in [5, 5.41) is 0. The summed E-state index contributed by atoms with van der Waals surface area (Å²) in [6.45, 7) is 6.08. The van der Waals surface area contributed by atoms with Gasteiger partial charge in [0, 0.05) is 0 Å². The van der Waals surface area contributed by atoms with Gasteiger partial charge < -0.3 is 10.5 Å². The van der Waals surface area contributed by atoms with Gasteiger partial charge in [0.25, 0.3) is 0 Å². The highest BCUT2D eigenvalue weighted by molar-refractivity contribution is 5.39. The van der Waals surface area contributed by atoms with E-state index in [2.05, 4.69) is 0 Å². The molecule has 1 unspecified atom stereocenters. The molecule has 2 aromatic carbocycles. The molecule has 0 saturated carbocycles. The van der Waals surface area contributed by atoms with Crippen molar-refractivity contribution in [1.29, 1.82) is 0 Å². The van der Waals surface area contributed by atoms with Gasteiger partial charge in [-0.05, 0) is 49.6 Å². The van der Waals surface area contributed by atoms with Gasteiger partial charge in [0.2, 0.25) is 5.82 Å². The minimum Gasteiger partial charge on any atom is -0.488 e. The summed E-state index contributed by atoms with van der Waals surface area (Å²) in [5.41, 5.74) is 10.4. The molecule has 0 fully saturated rings. The zero-order valence-electron chi connectivity index (χ0n) is 12.4. The zero-order valence-corrected chi connectivity index (χ0v) is 12.4. The van der Waals surface area contributed by atoms with Gasteiger partial charge in [-0.25, -0.2) is 4.39 Å². The second kappa shape index (κ2) is 6.22. The van der Waals surface area contributed by atoms with E-state index in [-0.39, 0.29) is 12.4 Å². The lowest BCUT2D eigenvalue weighted by Gasteiger charge is -2.19. The molecule has 0 aliphatic heterocycles. The highest BCUT2D eigenvalue weighted by atomic mass is 19.2. The molecular formula is C17H19F2NO. The Morgan fingerprint density at radius 1 is 1.10 bits per heavy atom. The molecule has 0 bridgehead atoms. The van der Waals surface area contributed by atoms with E-state index in [1.165, 1.54) is 12.1 Å². The van der Waals surface area contributed by atoms with Crippen molar-refractivity contribution in [2.45, 2.75) is 26.8 Å². The predicted molar refractivity (Wildman–Crippen MR) is 79.4 cm³/mol. The molecule has 112 valence electrons. The molecule has 0 heterocycles. The van der Waals surface area contributed by atoms with Crippen molar-refractivity contribution in [3.8, 4) is 5.75 Å². The van der Waals surface area contributed by atoms with Crippen LogP contribution in [0.1, 0.15) is 28.3 Å². The van der Waals surface area contributed by atoms with Crippen LogP contribution in [0.25, 0.3) is 0 Å². The van der Waals surface area contributed by atoms with Gasteiger partial charge >= 0.3 is 0 Å². The fourth-order valence-corrected chi connectivity index (χ4v) is 2.63. The summed E-state index contributed by atoms with van der Waals surface area (Å²) < 4.78 is 32.0. The molecule has 2 aromatic rings. The van der Waals surface area contributed by atoms with Crippen LogP contribution in [0.15, 0.2) is 30.3 Å². The first kappa shape index (κ1) is 15.4. The predicted octanol–water partition coefficient (Wildman–Crippen LogP) is 3.97. The maximum atomic E-state index is 13.5. The minimum absolute atomic E-state index is 0.0884. The van der Waals surface area contributed by atoms with Crippen LogP contribution in [0.2, 0.25) is 0 Å². The van der Waals surface area contributed by atoms with Crippen molar-refractivity contribution >= 4 is 0 Å². The maximum Gasteiger partial charge on any atom is 0.200 e. The average molecular weight is 291 g/mol. The number of ether oxygens (including phenoxy) is 1. The quantitative estimate of drug-likeness (QED) is 0.925. The Morgan fingerprint density at radius 3 is 2.33 bits per heavy atom. The first-order valence-corrected chi connectivity index (χ1v) is 6.80. The summed E-state index contributed by atoms with van der Waals surface area (Å²) in [7, 11) is 0. The van der Waals surface area contributed by atoms with Crippen molar-refractivity contribution in [2.24, 2.45) is 5.73 Å². The highest BCUT2D eigenvalue weighted by Crippen LogP contribution is 2.24. The second-order valence-corrected chi connectivity index (χ2v) is 5.28. The monoisotopic (exact) mass is 291 g/mol. The fourth-order valence-electron chi connectivity index (χ4n) is 2.63. The third kappa shape index (κ3) is 3.39. The third-order valence-corrected chi connectivity index (χ3v) is 3.44. The number of benzene rings is 2. The van der Waals surface area contributed by atoms with Crippen molar-refractivity contribution in [3.05, 3.63) is 64.2 Å². The van der Waals surface area contributed by atoms with Crippen LogP contribution in [0.4, 0.5) is 8.78 Å². The van der Waals surface area contributed by atoms with Gasteiger partial charge in [0.05, 0.1) is 6.04 Å². The summed E-state index contributed by atoms with van der Waals surface area (Å²) in [4.78, 5) is 0. The lowest BCUT2D eigenvalue weighted by molar-refractivity contribution is 0.272. The smallest absolute Gasteiger partial charge is 0.200 e. The molecule has 0 saturated heterocycles. The largest absolute Gasteiger partial charge is 0.488 e. The van der Waals surface area contributed by atoms with E-state index in [4.69, 9.17) is 10.5 Å². The Balaban J connectivity index is 2.16. The number of nitrogens with two attached hydrogens (primary N) is 1. The number of aryl methyl sites for hydroxylation is 3. The SMILES string of the molecule is Cc1cc(C)c(C(N)COc2cccc(F)c2F)c(C)c1. The van der Waals surface area contributed by atoms with E-state index in [0.717, 1.165) is 28.3 Å². The number of rotatable bonds is 4. The van der Waals surface area contributed by atoms with Gasteiger partial charge in [-0.3, -0.25) is 0 Å². The third-order valence-electron chi connectivity index (χ3n) is 3.44. The van der Waals surface area contributed by atoms with Crippen LogP contribution in [0.5, 0.6) is 5.75 Å². The van der Waals surface area contributed by atoms with Gasteiger partial charge in [0.1, 0.15) is 6.61 Å². The normalized spacial score (nSPS) is 12.3. The number of halogens is 2. The summed E-state index contributed by atoms with van der Waals surface area (Å²) in [5.74, 6) is -2.03. The Morgan fingerprint density at radius 2 is 1.71 bits per heavy atom. The molecule has 1 atom stereocenters. The van der Waals surface area contributed by atoms with E-state index in [1.54, 1.807) is 0 Å². The molecule has 2 rings (SSSR count). The van der Waals surface area contributed by atoms with Crippen LogP contribution < -0.4 is 10.5 Å². The molecule has 0 spiro atoms. The second-order valence-electron chi connectivity index (χ2n) is 5.28. The molecule has 21 heavy (non-hydrogen) atoms. The Hall–Kier alpha value is -1.94. The lowest BCUT2D eigenvalue weighted by atomic mass is 9.95. The van der Waals surface area contributed by atoms with Crippen molar-refractivity contribution in [3.63, 3.8) is 0 Å². The lowest BCUT2D eigenvalue weighted by Crippen LogP contribution is -2.21. The molecule has 2 N–H and O–H groups in total. The number of hydrogen-bond donors (Lipinski definition) is 1. The van der Waals surface area contributed by atoms with E-state index < -0.39 is 17.7 Å². The molecule has 4 heteroatoms. The van der Waals surface area contributed by atoms with E-state index >= 15 is 0 Å². The summed E-state index contributed by atoms with van der Waals surface area (Å²) >= 11 is 0. The van der Waals surface area contributed by atoms with Crippen LogP contribution in [0, 0.1) is 32.4 Å². The topological polar surface area (TPSA) is 35.2 Å². The molecule has 0 amide bonds. The first-order valence-electron chi connectivity index (χ1n) is 6.80. The molecular weight excluding hydrogens is 272 g/mol. The maximum absolute atomic E-state index is 13.5. The molecule has 0 aromatic heterocycles. The Bertz CT molecular complexity index is 632. The van der Waals surface area contributed by atoms with Gasteiger partial charge in [-0.1, -0.05) is 23.8 Å². The molecule has 0 aliphatic rings.